The molecule has 128 valence electrons. The molecule has 1 atom stereocenters. The van der Waals surface area contributed by atoms with Crippen molar-refractivity contribution in [3.63, 3.8) is 0 Å². The molecule has 2 N–H and O–H groups in total. The second kappa shape index (κ2) is 5.74. The highest BCUT2D eigenvalue weighted by atomic mass is 16.3. The molecule has 0 radical (unpaired) electrons. The topological polar surface area (TPSA) is 74.2 Å². The van der Waals surface area contributed by atoms with Crippen LogP contribution in [0.1, 0.15) is 23.3 Å². The van der Waals surface area contributed by atoms with Crippen LogP contribution in [-0.2, 0) is 0 Å². The number of aromatic amines is 1. The average Bonchev–Trinajstić information content (AvgIpc) is 3.32. The van der Waals surface area contributed by atoms with Crippen molar-refractivity contribution >= 4 is 16.8 Å². The Hall–Kier alpha value is -2.60. The van der Waals surface area contributed by atoms with E-state index in [0.717, 1.165) is 41.7 Å². The van der Waals surface area contributed by atoms with Crippen molar-refractivity contribution in [3.8, 4) is 11.1 Å². The van der Waals surface area contributed by atoms with Gasteiger partial charge in [-0.05, 0) is 55.6 Å². The minimum Gasteiger partial charge on any atom is -0.472 e. The van der Waals surface area contributed by atoms with Crippen LogP contribution in [0.15, 0.2) is 41.2 Å². The van der Waals surface area contributed by atoms with E-state index in [1.807, 2.05) is 24.3 Å². The third kappa shape index (κ3) is 2.53. The normalized spacial score (nSPS) is 25.4. The molecule has 3 aliphatic heterocycles. The zero-order valence-corrected chi connectivity index (χ0v) is 13.9. The molecule has 6 nitrogen and oxygen atoms in total. The number of nitrogens with one attached hydrogen (secondary N) is 2. The Balaban J connectivity index is 1.44. The third-order valence-corrected chi connectivity index (χ3v) is 5.61. The first kappa shape index (κ1) is 14.7. The van der Waals surface area contributed by atoms with E-state index in [1.54, 1.807) is 12.5 Å². The molecule has 6 rings (SSSR count). The van der Waals surface area contributed by atoms with Crippen molar-refractivity contribution in [2.24, 2.45) is 5.92 Å². The van der Waals surface area contributed by atoms with Gasteiger partial charge in [0.15, 0.2) is 5.69 Å². The van der Waals surface area contributed by atoms with E-state index in [4.69, 9.17) is 4.42 Å². The molecule has 0 aliphatic carbocycles. The van der Waals surface area contributed by atoms with E-state index in [-0.39, 0.29) is 11.9 Å². The first-order chi connectivity index (χ1) is 12.3. The highest BCUT2D eigenvalue weighted by Gasteiger charge is 2.35. The molecular weight excluding hydrogens is 316 g/mol. The number of carbonyl (C=O) groups is 1. The lowest BCUT2D eigenvalue weighted by Gasteiger charge is -2.44. The molecule has 25 heavy (non-hydrogen) atoms. The average molecular weight is 336 g/mol. The van der Waals surface area contributed by atoms with Crippen LogP contribution in [0.3, 0.4) is 0 Å². The number of rotatable bonds is 3. The lowest BCUT2D eigenvalue weighted by atomic mass is 9.84. The summed E-state index contributed by atoms with van der Waals surface area (Å²) in [5.74, 6) is 0.509. The van der Waals surface area contributed by atoms with Crippen molar-refractivity contribution in [2.45, 2.75) is 18.9 Å². The zero-order valence-electron chi connectivity index (χ0n) is 13.9. The highest BCUT2D eigenvalue weighted by Crippen LogP contribution is 2.29. The van der Waals surface area contributed by atoms with Gasteiger partial charge in [-0.2, -0.15) is 5.10 Å². The summed E-state index contributed by atoms with van der Waals surface area (Å²) >= 11 is 0. The summed E-state index contributed by atoms with van der Waals surface area (Å²) in [5, 5.41) is 11.3. The minimum atomic E-state index is -0.0886. The van der Waals surface area contributed by atoms with E-state index in [9.17, 15) is 4.79 Å². The van der Waals surface area contributed by atoms with Crippen molar-refractivity contribution < 1.29 is 9.21 Å². The molecule has 3 fully saturated rings. The third-order valence-electron chi connectivity index (χ3n) is 5.61. The minimum absolute atomic E-state index is 0.0886. The monoisotopic (exact) mass is 336 g/mol. The standard InChI is InChI=1S/C19H20N4O2/c24-19(20-17-10-23-6-3-12(17)4-7-23)18-15-9-13(14-5-8-25-11-14)1-2-16(15)21-22-18/h1-2,5,8-9,11-12,17H,3-4,6-7,10H2,(H,20,24)(H,21,22). The number of fused-ring (bicyclic) bond motifs is 4. The van der Waals surface area contributed by atoms with E-state index in [1.165, 1.54) is 12.8 Å². The van der Waals surface area contributed by atoms with Gasteiger partial charge in [0, 0.05) is 23.5 Å². The Morgan fingerprint density at radius 3 is 2.84 bits per heavy atom. The van der Waals surface area contributed by atoms with E-state index < -0.39 is 0 Å². The molecule has 1 unspecified atom stereocenters. The van der Waals surface area contributed by atoms with Crippen LogP contribution in [0.25, 0.3) is 22.0 Å². The number of amides is 1. The lowest BCUT2D eigenvalue weighted by molar-refractivity contribution is 0.0618. The lowest BCUT2D eigenvalue weighted by Crippen LogP contribution is -2.57. The summed E-state index contributed by atoms with van der Waals surface area (Å²) in [7, 11) is 0. The smallest absolute Gasteiger partial charge is 0.272 e. The quantitative estimate of drug-likeness (QED) is 0.771. The molecule has 2 bridgehead atoms. The molecule has 3 saturated heterocycles. The zero-order chi connectivity index (χ0) is 16.8. The van der Waals surface area contributed by atoms with Crippen LogP contribution in [0.4, 0.5) is 0 Å². The van der Waals surface area contributed by atoms with Crippen LogP contribution >= 0.6 is 0 Å². The predicted octanol–water partition coefficient (Wildman–Crippen LogP) is 2.65. The van der Waals surface area contributed by atoms with Crippen LogP contribution < -0.4 is 5.32 Å². The fourth-order valence-electron chi connectivity index (χ4n) is 4.16. The maximum atomic E-state index is 12.8. The van der Waals surface area contributed by atoms with Gasteiger partial charge in [-0.25, -0.2) is 0 Å². The van der Waals surface area contributed by atoms with Crippen LogP contribution in [0.5, 0.6) is 0 Å². The van der Waals surface area contributed by atoms with Gasteiger partial charge in [0.05, 0.1) is 18.0 Å². The van der Waals surface area contributed by atoms with Crippen molar-refractivity contribution in [2.75, 3.05) is 19.6 Å². The highest BCUT2D eigenvalue weighted by molar-refractivity contribution is 6.05. The van der Waals surface area contributed by atoms with Gasteiger partial charge in [0.2, 0.25) is 0 Å². The van der Waals surface area contributed by atoms with Crippen LogP contribution in [0, 0.1) is 5.92 Å². The number of furan rings is 1. The fourth-order valence-corrected chi connectivity index (χ4v) is 4.16. The van der Waals surface area contributed by atoms with Crippen LogP contribution in [0.2, 0.25) is 0 Å². The van der Waals surface area contributed by atoms with Gasteiger partial charge < -0.3 is 14.6 Å². The fraction of sp³-hybridized carbons (Fsp3) is 0.368. The summed E-state index contributed by atoms with van der Waals surface area (Å²) in [6, 6.07) is 8.10. The molecule has 6 heteroatoms. The number of hydrogen-bond acceptors (Lipinski definition) is 4. The number of piperidine rings is 3. The Bertz CT molecular complexity index is 907. The Kier molecular flexibility index (Phi) is 3.38. The Morgan fingerprint density at radius 2 is 2.12 bits per heavy atom. The number of H-pyrrole nitrogens is 1. The first-order valence-corrected chi connectivity index (χ1v) is 8.82. The Labute approximate surface area is 145 Å². The van der Waals surface area contributed by atoms with Gasteiger partial charge >= 0.3 is 0 Å². The van der Waals surface area contributed by atoms with Gasteiger partial charge in [-0.3, -0.25) is 9.89 Å². The Morgan fingerprint density at radius 1 is 1.24 bits per heavy atom. The molecule has 1 aromatic carbocycles. The predicted molar refractivity (Wildman–Crippen MR) is 94.2 cm³/mol. The van der Waals surface area contributed by atoms with E-state index in [2.05, 4.69) is 20.4 Å². The molecule has 1 amide bonds. The van der Waals surface area contributed by atoms with Crippen LogP contribution in [-0.4, -0.2) is 46.7 Å². The molecule has 3 aliphatic rings. The maximum Gasteiger partial charge on any atom is 0.272 e. The molecule has 3 aromatic rings. The van der Waals surface area contributed by atoms with Gasteiger partial charge in [-0.15, -0.1) is 0 Å². The molecule has 0 saturated carbocycles. The van der Waals surface area contributed by atoms with Crippen molar-refractivity contribution in [1.82, 2.24) is 20.4 Å². The van der Waals surface area contributed by atoms with Crippen molar-refractivity contribution in [1.29, 1.82) is 0 Å². The number of benzene rings is 1. The number of carbonyl (C=O) groups excluding carboxylic acids is 1. The molecule has 0 spiro atoms. The largest absolute Gasteiger partial charge is 0.472 e. The molecule has 2 aromatic heterocycles. The second-order valence-electron chi connectivity index (χ2n) is 7.06. The molecule has 5 heterocycles. The summed E-state index contributed by atoms with van der Waals surface area (Å²) in [5.41, 5.74) is 3.34. The van der Waals surface area contributed by atoms with Gasteiger partial charge in [0.1, 0.15) is 0 Å². The first-order valence-electron chi connectivity index (χ1n) is 8.82. The summed E-state index contributed by atoms with van der Waals surface area (Å²) in [4.78, 5) is 15.3. The number of nitrogens with zero attached hydrogens (tertiary/aromatic N) is 2. The summed E-state index contributed by atoms with van der Waals surface area (Å²) in [6.07, 6.45) is 5.71. The number of hydrogen-bond donors (Lipinski definition) is 2. The second-order valence-corrected chi connectivity index (χ2v) is 7.06. The summed E-state index contributed by atoms with van der Waals surface area (Å²) in [6.45, 7) is 3.28. The molecular formula is C19H20N4O2. The van der Waals surface area contributed by atoms with Gasteiger partial charge in [0.25, 0.3) is 5.91 Å². The maximum absolute atomic E-state index is 12.8. The van der Waals surface area contributed by atoms with E-state index in [0.29, 0.717) is 11.6 Å². The summed E-state index contributed by atoms with van der Waals surface area (Å²) < 4.78 is 5.16. The van der Waals surface area contributed by atoms with E-state index >= 15 is 0 Å². The van der Waals surface area contributed by atoms with Crippen molar-refractivity contribution in [3.05, 3.63) is 42.5 Å². The SMILES string of the molecule is O=C(NC1CN2CCC1CC2)c1n[nH]c2ccc(-c3ccoc3)cc12. The number of aromatic nitrogens is 2. The van der Waals surface area contributed by atoms with Gasteiger partial charge in [-0.1, -0.05) is 6.07 Å².